The summed E-state index contributed by atoms with van der Waals surface area (Å²) in [6.07, 6.45) is 0. The minimum Gasteiger partial charge on any atom is -0.456 e. The Kier molecular flexibility index (Phi) is 5.02. The monoisotopic (exact) mass is 383 g/mol. The van der Waals surface area contributed by atoms with Crippen LogP contribution >= 0.6 is 31.9 Å². The lowest BCUT2D eigenvalue weighted by Gasteiger charge is -2.13. The van der Waals surface area contributed by atoms with Gasteiger partial charge in [0.05, 0.1) is 4.47 Å². The number of halogens is 2. The van der Waals surface area contributed by atoms with Crippen LogP contribution in [0.4, 0.5) is 0 Å². The highest BCUT2D eigenvalue weighted by atomic mass is 79.9. The summed E-state index contributed by atoms with van der Waals surface area (Å²) in [6.45, 7) is 2.12. The van der Waals surface area contributed by atoms with E-state index in [1.807, 2.05) is 37.4 Å². The molecule has 2 rings (SSSR count). The first-order valence-corrected chi connectivity index (χ1v) is 7.59. The van der Waals surface area contributed by atoms with Gasteiger partial charge in [0.25, 0.3) is 0 Å². The molecular weight excluding hydrogens is 370 g/mol. The molecule has 0 heterocycles. The van der Waals surface area contributed by atoms with Crippen molar-refractivity contribution >= 4 is 31.9 Å². The molecule has 0 saturated carbocycles. The van der Waals surface area contributed by atoms with E-state index in [4.69, 9.17) is 4.74 Å². The van der Waals surface area contributed by atoms with Crippen LogP contribution in [0, 0.1) is 0 Å². The third kappa shape index (κ3) is 3.81. The van der Waals surface area contributed by atoms with Gasteiger partial charge in [-0.1, -0.05) is 28.1 Å². The van der Waals surface area contributed by atoms with Gasteiger partial charge in [-0.2, -0.15) is 0 Å². The zero-order chi connectivity index (χ0) is 13.8. The SMILES string of the molecule is CNC(C)c1cccc(Oc2ccc(Br)cc2Br)c1. The molecule has 0 spiro atoms. The zero-order valence-electron chi connectivity index (χ0n) is 10.8. The molecule has 19 heavy (non-hydrogen) atoms. The van der Waals surface area contributed by atoms with Crippen LogP contribution in [0.1, 0.15) is 18.5 Å². The lowest BCUT2D eigenvalue weighted by Crippen LogP contribution is -2.12. The molecule has 2 aromatic rings. The third-order valence-corrected chi connectivity index (χ3v) is 4.03. The number of ether oxygens (including phenoxy) is 1. The molecule has 0 amide bonds. The first kappa shape index (κ1) is 14.6. The zero-order valence-corrected chi connectivity index (χ0v) is 14.0. The van der Waals surface area contributed by atoms with E-state index < -0.39 is 0 Å². The molecule has 0 fully saturated rings. The van der Waals surface area contributed by atoms with E-state index in [9.17, 15) is 0 Å². The van der Waals surface area contributed by atoms with Gasteiger partial charge < -0.3 is 10.1 Å². The van der Waals surface area contributed by atoms with Gasteiger partial charge in [-0.3, -0.25) is 0 Å². The molecule has 1 atom stereocenters. The van der Waals surface area contributed by atoms with Crippen LogP contribution in [0.2, 0.25) is 0 Å². The minimum atomic E-state index is 0.303. The van der Waals surface area contributed by atoms with Gasteiger partial charge in [-0.25, -0.2) is 0 Å². The molecule has 0 bridgehead atoms. The molecule has 2 aromatic carbocycles. The van der Waals surface area contributed by atoms with Gasteiger partial charge in [-0.15, -0.1) is 0 Å². The van der Waals surface area contributed by atoms with E-state index in [0.29, 0.717) is 6.04 Å². The highest BCUT2D eigenvalue weighted by molar-refractivity contribution is 9.11. The van der Waals surface area contributed by atoms with E-state index in [-0.39, 0.29) is 0 Å². The average Bonchev–Trinajstić information content (AvgIpc) is 2.41. The number of hydrogen-bond donors (Lipinski definition) is 1. The molecule has 100 valence electrons. The minimum absolute atomic E-state index is 0.303. The molecule has 1 N–H and O–H groups in total. The molecular formula is C15H15Br2NO. The van der Waals surface area contributed by atoms with Crippen LogP contribution in [0.3, 0.4) is 0 Å². The van der Waals surface area contributed by atoms with Gasteiger partial charge in [-0.05, 0) is 65.8 Å². The van der Waals surface area contributed by atoms with Crippen LogP contribution in [-0.4, -0.2) is 7.05 Å². The van der Waals surface area contributed by atoms with Crippen LogP contribution in [0.25, 0.3) is 0 Å². The molecule has 0 aliphatic carbocycles. The van der Waals surface area contributed by atoms with E-state index in [2.05, 4.69) is 56.2 Å². The molecule has 1 unspecified atom stereocenters. The first-order valence-electron chi connectivity index (χ1n) is 6.00. The van der Waals surface area contributed by atoms with Crippen molar-refractivity contribution in [3.8, 4) is 11.5 Å². The molecule has 2 nitrogen and oxygen atoms in total. The summed E-state index contributed by atoms with van der Waals surface area (Å²) in [5.74, 6) is 1.64. The lowest BCUT2D eigenvalue weighted by atomic mass is 10.1. The lowest BCUT2D eigenvalue weighted by molar-refractivity contribution is 0.477. The van der Waals surface area contributed by atoms with Crippen molar-refractivity contribution in [2.75, 3.05) is 7.05 Å². The topological polar surface area (TPSA) is 21.3 Å². The van der Waals surface area contributed by atoms with Gasteiger partial charge in [0, 0.05) is 10.5 Å². The highest BCUT2D eigenvalue weighted by Gasteiger charge is 2.06. The standard InChI is InChI=1S/C15H15Br2NO/c1-10(18-2)11-4-3-5-13(8-11)19-15-7-6-12(16)9-14(15)17/h3-10,18H,1-2H3. The van der Waals surface area contributed by atoms with Gasteiger partial charge in [0.1, 0.15) is 11.5 Å². The Morgan fingerprint density at radius 1 is 1.11 bits per heavy atom. The Hall–Kier alpha value is -0.840. The Morgan fingerprint density at radius 3 is 2.58 bits per heavy atom. The van der Waals surface area contributed by atoms with E-state index in [0.717, 1.165) is 20.4 Å². The van der Waals surface area contributed by atoms with Crippen molar-refractivity contribution < 1.29 is 4.74 Å². The van der Waals surface area contributed by atoms with Crippen molar-refractivity contribution in [1.29, 1.82) is 0 Å². The second kappa shape index (κ2) is 6.55. The smallest absolute Gasteiger partial charge is 0.141 e. The summed E-state index contributed by atoms with van der Waals surface area (Å²) in [7, 11) is 1.95. The maximum absolute atomic E-state index is 5.90. The van der Waals surface area contributed by atoms with E-state index in [1.54, 1.807) is 0 Å². The fourth-order valence-electron chi connectivity index (χ4n) is 1.70. The number of benzene rings is 2. The van der Waals surface area contributed by atoms with Crippen LogP contribution < -0.4 is 10.1 Å². The van der Waals surface area contributed by atoms with Crippen molar-refractivity contribution in [3.05, 3.63) is 57.0 Å². The van der Waals surface area contributed by atoms with Crippen molar-refractivity contribution in [2.24, 2.45) is 0 Å². The number of nitrogens with one attached hydrogen (secondary N) is 1. The molecule has 0 saturated heterocycles. The first-order chi connectivity index (χ1) is 9.10. The fourth-order valence-corrected chi connectivity index (χ4v) is 2.83. The maximum atomic E-state index is 5.90. The number of rotatable bonds is 4. The second-order valence-corrected chi connectivity index (χ2v) is 6.03. The normalized spacial score (nSPS) is 12.2. The van der Waals surface area contributed by atoms with Crippen LogP contribution in [0.5, 0.6) is 11.5 Å². The predicted octanol–water partition coefficient (Wildman–Crippen LogP) is 5.28. The predicted molar refractivity (Wildman–Crippen MR) is 85.8 cm³/mol. The third-order valence-electron chi connectivity index (χ3n) is 2.91. The second-order valence-electron chi connectivity index (χ2n) is 4.26. The Labute approximate surface area is 130 Å². The quantitative estimate of drug-likeness (QED) is 0.773. The molecule has 0 radical (unpaired) electrons. The highest BCUT2D eigenvalue weighted by Crippen LogP contribution is 2.32. The summed E-state index contributed by atoms with van der Waals surface area (Å²) in [4.78, 5) is 0. The average molecular weight is 385 g/mol. The van der Waals surface area contributed by atoms with Crippen molar-refractivity contribution in [1.82, 2.24) is 5.32 Å². The maximum Gasteiger partial charge on any atom is 0.141 e. The number of hydrogen-bond acceptors (Lipinski definition) is 2. The summed E-state index contributed by atoms with van der Waals surface area (Å²) in [5.41, 5.74) is 1.20. The summed E-state index contributed by atoms with van der Waals surface area (Å²) < 4.78 is 7.85. The summed E-state index contributed by atoms with van der Waals surface area (Å²) >= 11 is 6.93. The van der Waals surface area contributed by atoms with E-state index >= 15 is 0 Å². The molecule has 0 aliphatic rings. The Morgan fingerprint density at radius 2 is 1.89 bits per heavy atom. The van der Waals surface area contributed by atoms with Gasteiger partial charge >= 0.3 is 0 Å². The Balaban J connectivity index is 2.23. The van der Waals surface area contributed by atoms with Crippen molar-refractivity contribution in [3.63, 3.8) is 0 Å². The summed E-state index contributed by atoms with van der Waals surface area (Å²) in [5, 5.41) is 3.22. The van der Waals surface area contributed by atoms with Crippen molar-refractivity contribution in [2.45, 2.75) is 13.0 Å². The molecule has 0 aliphatic heterocycles. The largest absolute Gasteiger partial charge is 0.456 e. The molecule has 4 heteroatoms. The van der Waals surface area contributed by atoms with Crippen LogP contribution in [-0.2, 0) is 0 Å². The van der Waals surface area contributed by atoms with E-state index in [1.165, 1.54) is 5.56 Å². The fraction of sp³-hybridized carbons (Fsp3) is 0.200. The Bertz CT molecular complexity index is 572. The van der Waals surface area contributed by atoms with Crippen LogP contribution in [0.15, 0.2) is 51.4 Å². The van der Waals surface area contributed by atoms with Gasteiger partial charge in [0.15, 0.2) is 0 Å². The summed E-state index contributed by atoms with van der Waals surface area (Å²) in [6, 6.07) is 14.3. The van der Waals surface area contributed by atoms with Gasteiger partial charge in [0.2, 0.25) is 0 Å². The molecule has 0 aromatic heterocycles.